The van der Waals surface area contributed by atoms with Crippen LogP contribution in [0.1, 0.15) is 23.2 Å². The Balaban J connectivity index is 2.06. The maximum absolute atomic E-state index is 13.5. The van der Waals surface area contributed by atoms with Crippen LogP contribution in [0, 0.1) is 5.82 Å². The minimum atomic E-state index is -0.920. The van der Waals surface area contributed by atoms with E-state index in [2.05, 4.69) is 15.9 Å². The molecule has 110 valence electrons. The highest BCUT2D eigenvalue weighted by Gasteiger charge is 2.32. The molecule has 0 aromatic heterocycles. The average Bonchev–Trinajstić information content (AvgIpc) is 2.41. The fraction of sp³-hybridized carbons (Fsp3) is 0.500. The van der Waals surface area contributed by atoms with Crippen LogP contribution in [0.4, 0.5) is 4.39 Å². The number of carbonyl (C=O) groups is 1. The molecular weight excluding hydrogens is 329 g/mol. The van der Waals surface area contributed by atoms with Gasteiger partial charge in [-0.3, -0.25) is 4.79 Å². The normalized spacial score (nSPS) is 17.8. The molecule has 0 radical (unpaired) electrons. The quantitative estimate of drug-likeness (QED) is 0.913. The van der Waals surface area contributed by atoms with Crippen molar-refractivity contribution in [3.05, 3.63) is 34.1 Å². The van der Waals surface area contributed by atoms with Crippen molar-refractivity contribution < 1.29 is 19.0 Å². The fourth-order valence-electron chi connectivity index (χ4n) is 2.27. The highest BCUT2D eigenvalue weighted by Crippen LogP contribution is 2.23. The average molecular weight is 346 g/mol. The molecule has 0 bridgehead atoms. The summed E-state index contributed by atoms with van der Waals surface area (Å²) in [7, 11) is 1.61. The Kier molecular flexibility index (Phi) is 4.78. The fourth-order valence-corrected chi connectivity index (χ4v) is 2.52. The van der Waals surface area contributed by atoms with E-state index in [1.165, 1.54) is 17.0 Å². The molecule has 6 heteroatoms. The zero-order valence-corrected chi connectivity index (χ0v) is 12.8. The summed E-state index contributed by atoms with van der Waals surface area (Å²) in [6.45, 7) is 1.20. The second-order valence-electron chi connectivity index (χ2n) is 5.13. The van der Waals surface area contributed by atoms with Gasteiger partial charge in [-0.25, -0.2) is 4.39 Å². The molecule has 1 saturated heterocycles. The molecule has 2 rings (SSSR count). The van der Waals surface area contributed by atoms with Crippen molar-refractivity contribution in [2.75, 3.05) is 26.8 Å². The summed E-state index contributed by atoms with van der Waals surface area (Å²) in [4.78, 5) is 13.7. The lowest BCUT2D eigenvalue weighted by atomic mass is 9.93. The van der Waals surface area contributed by atoms with Crippen LogP contribution in [0.15, 0.2) is 22.7 Å². The van der Waals surface area contributed by atoms with Crippen molar-refractivity contribution in [2.24, 2.45) is 0 Å². The van der Waals surface area contributed by atoms with Crippen LogP contribution < -0.4 is 0 Å². The second-order valence-corrected chi connectivity index (χ2v) is 5.98. The number of benzene rings is 1. The molecule has 1 amide bonds. The van der Waals surface area contributed by atoms with Gasteiger partial charge in [-0.2, -0.15) is 0 Å². The van der Waals surface area contributed by atoms with Gasteiger partial charge in [0.15, 0.2) is 0 Å². The molecule has 0 saturated carbocycles. The molecule has 0 unspecified atom stereocenters. The third kappa shape index (κ3) is 3.56. The molecule has 1 heterocycles. The minimum absolute atomic E-state index is 0.215. The smallest absolute Gasteiger partial charge is 0.253 e. The SMILES string of the molecule is CN(CC1(O)CCOCC1)C(=O)c1ccc(Br)c(F)c1. The Bertz CT molecular complexity index is 503. The first-order chi connectivity index (χ1) is 9.41. The lowest BCUT2D eigenvalue weighted by Crippen LogP contribution is -2.47. The number of ether oxygens (including phenoxy) is 1. The van der Waals surface area contributed by atoms with Crippen LogP contribution in [0.5, 0.6) is 0 Å². The molecule has 1 aliphatic rings. The number of carbonyl (C=O) groups excluding carboxylic acids is 1. The maximum Gasteiger partial charge on any atom is 0.253 e. The van der Waals surface area contributed by atoms with Gasteiger partial charge in [0.2, 0.25) is 0 Å². The first kappa shape index (κ1) is 15.4. The Morgan fingerprint density at radius 1 is 1.50 bits per heavy atom. The van der Waals surface area contributed by atoms with E-state index in [4.69, 9.17) is 4.74 Å². The second kappa shape index (κ2) is 6.20. The third-order valence-corrected chi connectivity index (χ3v) is 4.11. The van der Waals surface area contributed by atoms with Crippen LogP contribution >= 0.6 is 15.9 Å². The van der Waals surface area contributed by atoms with Gasteiger partial charge < -0.3 is 14.7 Å². The van der Waals surface area contributed by atoms with Gasteiger partial charge in [0.25, 0.3) is 5.91 Å². The molecule has 1 aliphatic heterocycles. The molecule has 1 N–H and O–H groups in total. The lowest BCUT2D eigenvalue weighted by molar-refractivity contribution is -0.0734. The summed E-state index contributed by atoms with van der Waals surface area (Å²) < 4.78 is 19.0. The molecule has 20 heavy (non-hydrogen) atoms. The van der Waals surface area contributed by atoms with Crippen LogP contribution in [-0.2, 0) is 4.74 Å². The molecule has 0 spiro atoms. The van der Waals surface area contributed by atoms with Crippen molar-refractivity contribution in [1.82, 2.24) is 4.90 Å². The maximum atomic E-state index is 13.5. The van der Waals surface area contributed by atoms with Crippen molar-refractivity contribution >= 4 is 21.8 Å². The van der Waals surface area contributed by atoms with Crippen molar-refractivity contribution in [3.63, 3.8) is 0 Å². The summed E-state index contributed by atoms with van der Waals surface area (Å²) in [5.74, 6) is -0.787. The van der Waals surface area contributed by atoms with Crippen molar-refractivity contribution in [2.45, 2.75) is 18.4 Å². The highest BCUT2D eigenvalue weighted by molar-refractivity contribution is 9.10. The van der Waals surface area contributed by atoms with Gasteiger partial charge in [0.05, 0.1) is 10.1 Å². The number of amides is 1. The first-order valence-electron chi connectivity index (χ1n) is 6.42. The monoisotopic (exact) mass is 345 g/mol. The summed E-state index contributed by atoms with van der Waals surface area (Å²) in [5.41, 5.74) is -0.653. The van der Waals surface area contributed by atoms with Crippen LogP contribution in [0.3, 0.4) is 0 Å². The number of hydrogen-bond donors (Lipinski definition) is 1. The Morgan fingerprint density at radius 3 is 2.75 bits per heavy atom. The van der Waals surface area contributed by atoms with E-state index < -0.39 is 11.4 Å². The zero-order valence-electron chi connectivity index (χ0n) is 11.2. The van der Waals surface area contributed by atoms with Gasteiger partial charge >= 0.3 is 0 Å². The summed E-state index contributed by atoms with van der Waals surface area (Å²) in [6, 6.07) is 4.25. The molecule has 1 aromatic carbocycles. The summed E-state index contributed by atoms with van der Waals surface area (Å²) in [6.07, 6.45) is 0.999. The Labute approximate surface area is 125 Å². The van der Waals surface area contributed by atoms with E-state index in [9.17, 15) is 14.3 Å². The van der Waals surface area contributed by atoms with E-state index in [1.807, 2.05) is 0 Å². The number of halogens is 2. The van der Waals surface area contributed by atoms with E-state index >= 15 is 0 Å². The van der Waals surface area contributed by atoms with E-state index in [0.29, 0.717) is 30.5 Å². The van der Waals surface area contributed by atoms with Crippen LogP contribution in [-0.4, -0.2) is 48.3 Å². The Morgan fingerprint density at radius 2 is 2.15 bits per heavy atom. The number of rotatable bonds is 3. The van der Waals surface area contributed by atoms with Gasteiger partial charge in [-0.05, 0) is 34.1 Å². The summed E-state index contributed by atoms with van der Waals surface area (Å²) in [5, 5.41) is 10.4. The van der Waals surface area contributed by atoms with E-state index in [-0.39, 0.29) is 18.0 Å². The molecule has 0 atom stereocenters. The minimum Gasteiger partial charge on any atom is -0.388 e. The van der Waals surface area contributed by atoms with Gasteiger partial charge in [-0.1, -0.05) is 0 Å². The molecule has 1 aromatic rings. The summed E-state index contributed by atoms with van der Waals surface area (Å²) >= 11 is 3.05. The van der Waals surface area contributed by atoms with Gasteiger partial charge in [0.1, 0.15) is 5.82 Å². The molecule has 0 aliphatic carbocycles. The van der Waals surface area contributed by atoms with Crippen molar-refractivity contribution in [1.29, 1.82) is 0 Å². The number of nitrogens with zero attached hydrogens (tertiary/aromatic N) is 1. The standard InChI is InChI=1S/C14H17BrFNO3/c1-17(9-14(19)4-6-20-7-5-14)13(18)10-2-3-11(15)12(16)8-10/h2-3,8,19H,4-7,9H2,1H3. The van der Waals surface area contributed by atoms with Crippen molar-refractivity contribution in [3.8, 4) is 0 Å². The topological polar surface area (TPSA) is 49.8 Å². The predicted molar refractivity (Wildman–Crippen MR) is 76.1 cm³/mol. The van der Waals surface area contributed by atoms with Crippen LogP contribution in [0.2, 0.25) is 0 Å². The molecule has 4 nitrogen and oxygen atoms in total. The highest BCUT2D eigenvalue weighted by atomic mass is 79.9. The third-order valence-electron chi connectivity index (χ3n) is 3.47. The Hall–Kier alpha value is -0.980. The number of hydrogen-bond acceptors (Lipinski definition) is 3. The number of aliphatic hydroxyl groups is 1. The lowest BCUT2D eigenvalue weighted by Gasteiger charge is -2.35. The molecule has 1 fully saturated rings. The van der Waals surface area contributed by atoms with Crippen LogP contribution in [0.25, 0.3) is 0 Å². The van der Waals surface area contributed by atoms with E-state index in [0.717, 1.165) is 0 Å². The largest absolute Gasteiger partial charge is 0.388 e. The van der Waals surface area contributed by atoms with Gasteiger partial charge in [0, 0.05) is 45.2 Å². The first-order valence-corrected chi connectivity index (χ1v) is 7.21. The number of likely N-dealkylation sites (N-methyl/N-ethyl adjacent to an activating group) is 1. The zero-order chi connectivity index (χ0) is 14.8. The predicted octanol–water partition coefficient (Wildman–Crippen LogP) is 2.20. The molecular formula is C14H17BrFNO3. The van der Waals surface area contributed by atoms with E-state index in [1.54, 1.807) is 13.1 Å². The van der Waals surface area contributed by atoms with Gasteiger partial charge in [-0.15, -0.1) is 0 Å².